The minimum Gasteiger partial charge on any atom is -0.298 e. The molecule has 0 aromatic carbocycles. The van der Waals surface area contributed by atoms with E-state index in [0.717, 1.165) is 18.5 Å². The van der Waals surface area contributed by atoms with Gasteiger partial charge >= 0.3 is 0 Å². The van der Waals surface area contributed by atoms with Crippen molar-refractivity contribution in [3.8, 4) is 5.95 Å². The number of hydrogen-bond acceptors (Lipinski definition) is 4. The fraction of sp³-hybridized carbons (Fsp3) is 0.200. The second kappa shape index (κ2) is 4.00. The van der Waals surface area contributed by atoms with Gasteiger partial charge in [-0.3, -0.25) is 9.36 Å². The first-order chi connectivity index (χ1) is 7.35. The van der Waals surface area contributed by atoms with Crippen molar-refractivity contribution in [3.05, 3.63) is 36.2 Å². The molecule has 0 radical (unpaired) electrons. The Bertz CT molecular complexity index is 461. The third-order valence-corrected chi connectivity index (χ3v) is 2.04. The van der Waals surface area contributed by atoms with E-state index in [1.807, 2.05) is 6.92 Å². The van der Waals surface area contributed by atoms with Crippen molar-refractivity contribution in [1.82, 2.24) is 19.5 Å². The molecule has 0 aliphatic rings. The molecule has 0 unspecified atom stereocenters. The van der Waals surface area contributed by atoms with Crippen LogP contribution < -0.4 is 0 Å². The van der Waals surface area contributed by atoms with Crippen molar-refractivity contribution in [2.75, 3.05) is 0 Å². The molecular formula is C10H10N4O. The predicted molar refractivity (Wildman–Crippen MR) is 53.9 cm³/mol. The first-order valence-electron chi connectivity index (χ1n) is 4.65. The van der Waals surface area contributed by atoms with E-state index in [2.05, 4.69) is 15.0 Å². The molecule has 0 saturated carbocycles. The summed E-state index contributed by atoms with van der Waals surface area (Å²) in [4.78, 5) is 22.8. The first-order valence-corrected chi connectivity index (χ1v) is 4.65. The summed E-state index contributed by atoms with van der Waals surface area (Å²) in [5.74, 6) is 1.43. The Morgan fingerprint density at radius 3 is 2.67 bits per heavy atom. The standard InChI is InChI=1S/C10H10N4O/c1-2-9-11-3-4-14(9)10-12-5-8(7-15)6-13-10/h3-7H,2H2,1H3. The van der Waals surface area contributed by atoms with Crippen molar-refractivity contribution in [1.29, 1.82) is 0 Å². The minimum absolute atomic E-state index is 0.469. The Morgan fingerprint density at radius 2 is 2.07 bits per heavy atom. The maximum atomic E-state index is 10.4. The van der Waals surface area contributed by atoms with E-state index in [1.54, 1.807) is 17.0 Å². The number of aldehydes is 1. The van der Waals surface area contributed by atoms with E-state index in [0.29, 0.717) is 11.5 Å². The summed E-state index contributed by atoms with van der Waals surface area (Å²) in [5, 5.41) is 0. The summed E-state index contributed by atoms with van der Waals surface area (Å²) in [6.45, 7) is 2.01. The van der Waals surface area contributed by atoms with E-state index in [4.69, 9.17) is 0 Å². The van der Waals surface area contributed by atoms with Crippen LogP contribution in [0, 0.1) is 0 Å². The van der Waals surface area contributed by atoms with Crippen LogP contribution in [0.2, 0.25) is 0 Å². The molecule has 76 valence electrons. The molecular weight excluding hydrogens is 192 g/mol. The zero-order chi connectivity index (χ0) is 10.7. The van der Waals surface area contributed by atoms with Crippen LogP contribution in [-0.4, -0.2) is 25.8 Å². The van der Waals surface area contributed by atoms with Crippen molar-refractivity contribution >= 4 is 6.29 Å². The van der Waals surface area contributed by atoms with Gasteiger partial charge < -0.3 is 0 Å². The van der Waals surface area contributed by atoms with E-state index < -0.39 is 0 Å². The van der Waals surface area contributed by atoms with Crippen molar-refractivity contribution in [3.63, 3.8) is 0 Å². The summed E-state index contributed by atoms with van der Waals surface area (Å²) in [6, 6.07) is 0. The highest BCUT2D eigenvalue weighted by Gasteiger charge is 2.04. The Kier molecular flexibility index (Phi) is 2.53. The van der Waals surface area contributed by atoms with Gasteiger partial charge in [0, 0.05) is 31.2 Å². The first kappa shape index (κ1) is 9.51. The molecule has 0 aliphatic carbocycles. The normalized spacial score (nSPS) is 10.2. The minimum atomic E-state index is 0.469. The topological polar surface area (TPSA) is 60.7 Å². The average molecular weight is 202 g/mol. The fourth-order valence-electron chi connectivity index (χ4n) is 1.29. The zero-order valence-electron chi connectivity index (χ0n) is 8.29. The highest BCUT2D eigenvalue weighted by Crippen LogP contribution is 2.05. The molecule has 0 spiro atoms. The Labute approximate surface area is 86.8 Å². The van der Waals surface area contributed by atoms with Crippen molar-refractivity contribution < 1.29 is 4.79 Å². The Morgan fingerprint density at radius 1 is 1.33 bits per heavy atom. The summed E-state index contributed by atoms with van der Waals surface area (Å²) in [6.07, 6.45) is 8.03. The Hall–Kier alpha value is -2.04. The molecule has 0 bridgehead atoms. The van der Waals surface area contributed by atoms with Gasteiger partial charge in [-0.05, 0) is 0 Å². The van der Waals surface area contributed by atoms with Crippen LogP contribution >= 0.6 is 0 Å². The highest BCUT2D eigenvalue weighted by molar-refractivity contribution is 5.73. The molecule has 5 heteroatoms. The third-order valence-electron chi connectivity index (χ3n) is 2.04. The molecule has 2 rings (SSSR count). The zero-order valence-corrected chi connectivity index (χ0v) is 8.29. The van der Waals surface area contributed by atoms with E-state index in [-0.39, 0.29) is 0 Å². The lowest BCUT2D eigenvalue weighted by atomic mass is 10.4. The molecule has 2 aromatic rings. The van der Waals surface area contributed by atoms with Gasteiger partial charge in [0.1, 0.15) is 5.82 Å². The van der Waals surface area contributed by atoms with Crippen LogP contribution in [0.3, 0.4) is 0 Å². The van der Waals surface area contributed by atoms with Crippen LogP contribution in [0.1, 0.15) is 23.1 Å². The predicted octanol–water partition coefficient (Wildman–Crippen LogP) is 1.04. The summed E-state index contributed by atoms with van der Waals surface area (Å²) in [5.41, 5.74) is 0.469. The number of carbonyl (C=O) groups excluding carboxylic acids is 1. The number of rotatable bonds is 3. The van der Waals surface area contributed by atoms with Crippen LogP contribution in [0.25, 0.3) is 5.95 Å². The number of nitrogens with zero attached hydrogens (tertiary/aromatic N) is 4. The van der Waals surface area contributed by atoms with Gasteiger partial charge in [0.15, 0.2) is 6.29 Å². The molecule has 0 N–H and O–H groups in total. The van der Waals surface area contributed by atoms with Crippen LogP contribution in [0.5, 0.6) is 0 Å². The molecule has 0 amide bonds. The van der Waals surface area contributed by atoms with Gasteiger partial charge in [0.2, 0.25) is 5.95 Å². The van der Waals surface area contributed by atoms with Crippen molar-refractivity contribution in [2.45, 2.75) is 13.3 Å². The molecule has 2 heterocycles. The molecule has 5 nitrogen and oxygen atoms in total. The van der Waals surface area contributed by atoms with Crippen LogP contribution in [0.15, 0.2) is 24.8 Å². The third kappa shape index (κ3) is 1.76. The monoisotopic (exact) mass is 202 g/mol. The highest BCUT2D eigenvalue weighted by atomic mass is 16.1. The second-order valence-corrected chi connectivity index (χ2v) is 3.00. The summed E-state index contributed by atoms with van der Waals surface area (Å²) < 4.78 is 1.80. The number of hydrogen-bond donors (Lipinski definition) is 0. The summed E-state index contributed by atoms with van der Waals surface area (Å²) in [7, 11) is 0. The van der Waals surface area contributed by atoms with E-state index in [1.165, 1.54) is 12.4 Å². The fourth-order valence-corrected chi connectivity index (χ4v) is 1.29. The van der Waals surface area contributed by atoms with Gasteiger partial charge in [0.05, 0.1) is 5.56 Å². The molecule has 0 saturated heterocycles. The second-order valence-electron chi connectivity index (χ2n) is 3.00. The van der Waals surface area contributed by atoms with Gasteiger partial charge in [-0.2, -0.15) is 0 Å². The quantitative estimate of drug-likeness (QED) is 0.697. The number of aromatic nitrogens is 4. The average Bonchev–Trinajstić information content (AvgIpc) is 2.77. The summed E-state index contributed by atoms with van der Waals surface area (Å²) >= 11 is 0. The smallest absolute Gasteiger partial charge is 0.235 e. The Balaban J connectivity index is 2.41. The SMILES string of the molecule is CCc1nccn1-c1ncc(C=O)cn1. The molecule has 15 heavy (non-hydrogen) atoms. The van der Waals surface area contributed by atoms with Gasteiger partial charge in [-0.15, -0.1) is 0 Å². The number of carbonyl (C=O) groups is 1. The van der Waals surface area contributed by atoms with Crippen LogP contribution in [-0.2, 0) is 6.42 Å². The molecule has 2 aromatic heterocycles. The van der Waals surface area contributed by atoms with Gasteiger partial charge in [0.25, 0.3) is 0 Å². The number of imidazole rings is 1. The maximum Gasteiger partial charge on any atom is 0.235 e. The van der Waals surface area contributed by atoms with Gasteiger partial charge in [-0.25, -0.2) is 15.0 Å². The lowest BCUT2D eigenvalue weighted by Crippen LogP contribution is -2.04. The van der Waals surface area contributed by atoms with Crippen LogP contribution in [0.4, 0.5) is 0 Å². The van der Waals surface area contributed by atoms with E-state index in [9.17, 15) is 4.79 Å². The number of aryl methyl sites for hydroxylation is 1. The van der Waals surface area contributed by atoms with Gasteiger partial charge in [-0.1, -0.05) is 6.92 Å². The molecule has 0 fully saturated rings. The maximum absolute atomic E-state index is 10.4. The molecule has 0 aliphatic heterocycles. The van der Waals surface area contributed by atoms with E-state index >= 15 is 0 Å². The largest absolute Gasteiger partial charge is 0.298 e. The molecule has 0 atom stereocenters. The van der Waals surface area contributed by atoms with Crippen molar-refractivity contribution in [2.24, 2.45) is 0 Å². The lowest BCUT2D eigenvalue weighted by Gasteiger charge is -2.03. The lowest BCUT2D eigenvalue weighted by molar-refractivity contribution is 0.112.